The van der Waals surface area contributed by atoms with Crippen molar-refractivity contribution in [2.45, 2.75) is 31.2 Å². The zero-order valence-electron chi connectivity index (χ0n) is 12.5. The first kappa shape index (κ1) is 15.6. The first-order valence-corrected chi connectivity index (χ1v) is 8.30. The second-order valence-corrected chi connectivity index (χ2v) is 7.01. The summed E-state index contributed by atoms with van der Waals surface area (Å²) in [5, 5.41) is 0. The Labute approximate surface area is 125 Å². The van der Waals surface area contributed by atoms with Crippen molar-refractivity contribution in [3.63, 3.8) is 0 Å². The van der Waals surface area contributed by atoms with Crippen LogP contribution in [0.2, 0.25) is 0 Å². The second kappa shape index (κ2) is 5.91. The summed E-state index contributed by atoms with van der Waals surface area (Å²) in [4.78, 5) is 0.226. The van der Waals surface area contributed by atoms with Gasteiger partial charge in [-0.05, 0) is 23.6 Å². The van der Waals surface area contributed by atoms with Crippen LogP contribution in [-0.2, 0) is 23.6 Å². The van der Waals surface area contributed by atoms with Gasteiger partial charge in [0.2, 0.25) is 0 Å². The quantitative estimate of drug-likeness (QED) is 0.890. The number of aryl methyl sites for hydroxylation is 1. The molecule has 1 aromatic heterocycles. The summed E-state index contributed by atoms with van der Waals surface area (Å²) in [5.41, 5.74) is 7.94. The van der Waals surface area contributed by atoms with E-state index in [-0.39, 0.29) is 10.8 Å². The Balaban J connectivity index is 2.37. The molecule has 21 heavy (non-hydrogen) atoms. The third kappa shape index (κ3) is 3.28. The number of aromatic nitrogens is 1. The molecule has 0 aliphatic rings. The molecule has 1 aromatic carbocycles. The highest BCUT2D eigenvalue weighted by Gasteiger charge is 2.19. The van der Waals surface area contributed by atoms with Gasteiger partial charge in [0.05, 0.1) is 5.69 Å². The standard InChI is InChI=1S/C15H21N3O2S/c1-11(2)14-6-4-5-7-15(14)17-21(19,20)13-8-12(9-16)18(3)10-13/h4-8,10-11,17H,9,16H2,1-3H3. The van der Waals surface area contributed by atoms with Crippen LogP contribution in [0.4, 0.5) is 5.69 Å². The summed E-state index contributed by atoms with van der Waals surface area (Å²) < 4.78 is 29.4. The molecule has 0 unspecified atom stereocenters. The van der Waals surface area contributed by atoms with Crippen molar-refractivity contribution in [2.75, 3.05) is 4.72 Å². The number of nitrogens with two attached hydrogens (primary N) is 1. The number of sulfonamides is 1. The molecule has 1 heterocycles. The lowest BCUT2D eigenvalue weighted by molar-refractivity contribution is 0.601. The van der Waals surface area contributed by atoms with Crippen molar-refractivity contribution in [1.82, 2.24) is 4.57 Å². The van der Waals surface area contributed by atoms with Gasteiger partial charge in [0.15, 0.2) is 0 Å². The molecule has 0 radical (unpaired) electrons. The van der Waals surface area contributed by atoms with Crippen molar-refractivity contribution < 1.29 is 8.42 Å². The van der Waals surface area contributed by atoms with Gasteiger partial charge >= 0.3 is 0 Å². The lowest BCUT2D eigenvalue weighted by atomic mass is 10.0. The smallest absolute Gasteiger partial charge is 0.263 e. The lowest BCUT2D eigenvalue weighted by Gasteiger charge is -2.14. The van der Waals surface area contributed by atoms with E-state index in [4.69, 9.17) is 5.73 Å². The fourth-order valence-electron chi connectivity index (χ4n) is 2.22. The van der Waals surface area contributed by atoms with Gasteiger partial charge in [-0.1, -0.05) is 32.0 Å². The lowest BCUT2D eigenvalue weighted by Crippen LogP contribution is -2.14. The highest BCUT2D eigenvalue weighted by molar-refractivity contribution is 7.92. The van der Waals surface area contributed by atoms with Gasteiger partial charge < -0.3 is 10.3 Å². The molecule has 0 atom stereocenters. The van der Waals surface area contributed by atoms with Crippen LogP contribution in [0, 0.1) is 0 Å². The van der Waals surface area contributed by atoms with E-state index in [1.54, 1.807) is 29.9 Å². The number of hydrogen-bond acceptors (Lipinski definition) is 3. The predicted molar refractivity (Wildman–Crippen MR) is 84.6 cm³/mol. The van der Waals surface area contributed by atoms with Gasteiger partial charge in [-0.25, -0.2) is 8.42 Å². The van der Waals surface area contributed by atoms with E-state index in [1.807, 2.05) is 32.0 Å². The Morgan fingerprint density at radius 1 is 1.29 bits per heavy atom. The number of nitrogens with one attached hydrogen (secondary N) is 1. The van der Waals surface area contributed by atoms with Crippen LogP contribution in [-0.4, -0.2) is 13.0 Å². The average Bonchev–Trinajstić information content (AvgIpc) is 2.81. The number of para-hydroxylation sites is 1. The molecule has 6 heteroatoms. The van der Waals surface area contributed by atoms with Gasteiger partial charge in [0, 0.05) is 25.5 Å². The average molecular weight is 307 g/mol. The Kier molecular flexibility index (Phi) is 4.39. The summed E-state index contributed by atoms with van der Waals surface area (Å²) in [6.07, 6.45) is 1.57. The third-order valence-electron chi connectivity index (χ3n) is 3.43. The largest absolute Gasteiger partial charge is 0.352 e. The normalized spacial score (nSPS) is 11.9. The minimum atomic E-state index is -3.61. The first-order chi connectivity index (χ1) is 9.85. The third-order valence-corrected chi connectivity index (χ3v) is 4.76. The zero-order valence-corrected chi connectivity index (χ0v) is 13.3. The van der Waals surface area contributed by atoms with Crippen LogP contribution in [0.15, 0.2) is 41.4 Å². The number of nitrogens with zero attached hydrogens (tertiary/aromatic N) is 1. The molecule has 0 saturated heterocycles. The van der Waals surface area contributed by atoms with Crippen LogP contribution < -0.4 is 10.5 Å². The monoisotopic (exact) mass is 307 g/mol. The van der Waals surface area contributed by atoms with E-state index in [0.29, 0.717) is 12.2 Å². The molecule has 0 saturated carbocycles. The number of anilines is 1. The van der Waals surface area contributed by atoms with Crippen molar-refractivity contribution in [3.8, 4) is 0 Å². The van der Waals surface area contributed by atoms with Gasteiger partial charge in [-0.3, -0.25) is 4.72 Å². The second-order valence-electron chi connectivity index (χ2n) is 5.33. The molecule has 0 amide bonds. The highest BCUT2D eigenvalue weighted by atomic mass is 32.2. The van der Waals surface area contributed by atoms with Crippen LogP contribution in [0.1, 0.15) is 31.0 Å². The van der Waals surface area contributed by atoms with Crippen LogP contribution in [0.5, 0.6) is 0 Å². The van der Waals surface area contributed by atoms with E-state index < -0.39 is 10.0 Å². The highest BCUT2D eigenvalue weighted by Crippen LogP contribution is 2.26. The summed E-state index contributed by atoms with van der Waals surface area (Å²) >= 11 is 0. The number of benzene rings is 1. The zero-order chi connectivity index (χ0) is 15.6. The van der Waals surface area contributed by atoms with E-state index in [1.165, 1.54) is 0 Å². The Bertz CT molecular complexity index is 733. The van der Waals surface area contributed by atoms with E-state index >= 15 is 0 Å². The summed E-state index contributed by atoms with van der Waals surface area (Å²) in [6, 6.07) is 9.03. The molecule has 0 fully saturated rings. The number of rotatable bonds is 5. The number of hydrogen-bond donors (Lipinski definition) is 2. The summed E-state index contributed by atoms with van der Waals surface area (Å²) in [5.74, 6) is 0.235. The van der Waals surface area contributed by atoms with Gasteiger partial charge in [0.1, 0.15) is 4.90 Å². The molecule has 2 rings (SSSR count). The molecular weight excluding hydrogens is 286 g/mol. The molecule has 0 bridgehead atoms. The molecule has 0 aliphatic heterocycles. The molecule has 0 aliphatic carbocycles. The van der Waals surface area contributed by atoms with Gasteiger partial charge in [0.25, 0.3) is 10.0 Å². The maximum absolute atomic E-state index is 12.5. The van der Waals surface area contributed by atoms with Crippen molar-refractivity contribution in [3.05, 3.63) is 47.8 Å². The Morgan fingerprint density at radius 3 is 2.52 bits per heavy atom. The van der Waals surface area contributed by atoms with Crippen molar-refractivity contribution >= 4 is 15.7 Å². The minimum Gasteiger partial charge on any atom is -0.352 e. The van der Waals surface area contributed by atoms with Crippen molar-refractivity contribution in [2.24, 2.45) is 12.8 Å². The van der Waals surface area contributed by atoms with Crippen LogP contribution >= 0.6 is 0 Å². The Morgan fingerprint density at radius 2 is 1.95 bits per heavy atom. The summed E-state index contributed by atoms with van der Waals surface area (Å²) in [7, 11) is -1.83. The van der Waals surface area contributed by atoms with Crippen molar-refractivity contribution in [1.29, 1.82) is 0 Å². The van der Waals surface area contributed by atoms with E-state index in [0.717, 1.165) is 11.3 Å². The maximum atomic E-state index is 12.5. The SMILES string of the molecule is CC(C)c1ccccc1NS(=O)(=O)c1cc(CN)n(C)c1. The van der Waals surface area contributed by atoms with Crippen LogP contribution in [0.3, 0.4) is 0 Å². The topological polar surface area (TPSA) is 77.1 Å². The molecule has 114 valence electrons. The molecule has 0 spiro atoms. The molecule has 5 nitrogen and oxygen atoms in total. The molecule has 3 N–H and O–H groups in total. The maximum Gasteiger partial charge on any atom is 0.263 e. The molecule has 2 aromatic rings. The van der Waals surface area contributed by atoms with Gasteiger partial charge in [-0.2, -0.15) is 0 Å². The van der Waals surface area contributed by atoms with Crippen LogP contribution in [0.25, 0.3) is 0 Å². The fraction of sp³-hybridized carbons (Fsp3) is 0.333. The van der Waals surface area contributed by atoms with Gasteiger partial charge in [-0.15, -0.1) is 0 Å². The summed E-state index contributed by atoms with van der Waals surface area (Å²) in [6.45, 7) is 4.36. The predicted octanol–water partition coefficient (Wildman–Crippen LogP) is 2.41. The van der Waals surface area contributed by atoms with E-state index in [2.05, 4.69) is 4.72 Å². The molecular formula is C15H21N3O2S. The fourth-order valence-corrected chi connectivity index (χ4v) is 3.41. The van der Waals surface area contributed by atoms with E-state index in [9.17, 15) is 8.42 Å². The minimum absolute atomic E-state index is 0.226. The Hall–Kier alpha value is -1.79. The first-order valence-electron chi connectivity index (χ1n) is 6.82.